The van der Waals surface area contributed by atoms with Crippen molar-refractivity contribution in [1.82, 2.24) is 30.0 Å². The molecule has 0 radical (unpaired) electrons. The van der Waals surface area contributed by atoms with E-state index < -0.39 is 0 Å². The van der Waals surface area contributed by atoms with Gasteiger partial charge in [-0.25, -0.2) is 4.68 Å². The van der Waals surface area contributed by atoms with Crippen molar-refractivity contribution in [3.63, 3.8) is 0 Å². The van der Waals surface area contributed by atoms with Crippen molar-refractivity contribution in [3.05, 3.63) is 18.0 Å². The second-order valence-electron chi connectivity index (χ2n) is 8.64. The van der Waals surface area contributed by atoms with E-state index in [1.54, 1.807) is 0 Å². The van der Waals surface area contributed by atoms with Crippen LogP contribution in [0, 0.1) is 17.8 Å². The van der Waals surface area contributed by atoms with Gasteiger partial charge in [0.1, 0.15) is 0 Å². The number of hydrogen-bond donors (Lipinski definition) is 0. The summed E-state index contributed by atoms with van der Waals surface area (Å²) >= 11 is 0. The molecule has 2 saturated heterocycles. The second-order valence-corrected chi connectivity index (χ2v) is 8.64. The molecule has 4 rings (SSSR count). The molecule has 7 heteroatoms. The number of hydrogen-bond acceptors (Lipinski definition) is 5. The maximum absolute atomic E-state index is 12.6. The molecule has 0 spiro atoms. The Kier molecular flexibility index (Phi) is 5.86. The minimum absolute atomic E-state index is 0.295. The average Bonchev–Trinajstić information content (AvgIpc) is 3.30. The highest BCUT2D eigenvalue weighted by Crippen LogP contribution is 2.33. The molecule has 2 fully saturated rings. The van der Waals surface area contributed by atoms with Crippen LogP contribution in [-0.2, 0) is 17.9 Å². The van der Waals surface area contributed by atoms with E-state index in [-0.39, 0.29) is 0 Å². The van der Waals surface area contributed by atoms with Crippen LogP contribution in [0.5, 0.6) is 0 Å². The second kappa shape index (κ2) is 8.50. The number of amides is 1. The number of nitrogens with zero attached hydrogens (tertiary/aromatic N) is 6. The number of allylic oxidation sites excluding steroid dienone is 2. The lowest BCUT2D eigenvalue weighted by molar-refractivity contribution is -0.130. The van der Waals surface area contributed by atoms with Gasteiger partial charge in [-0.2, -0.15) is 0 Å². The van der Waals surface area contributed by atoms with Crippen molar-refractivity contribution in [2.45, 2.75) is 58.5 Å². The first-order chi connectivity index (χ1) is 13.2. The third kappa shape index (κ3) is 4.57. The molecule has 0 aromatic carbocycles. The van der Waals surface area contributed by atoms with E-state index in [4.69, 9.17) is 0 Å². The number of aromatic nitrogens is 4. The van der Waals surface area contributed by atoms with Gasteiger partial charge in [0.25, 0.3) is 0 Å². The highest BCUT2D eigenvalue weighted by molar-refractivity contribution is 5.76. The largest absolute Gasteiger partial charge is 0.342 e. The van der Waals surface area contributed by atoms with Gasteiger partial charge in [0, 0.05) is 26.1 Å². The van der Waals surface area contributed by atoms with Crippen LogP contribution in [0.25, 0.3) is 0 Å². The third-order valence-corrected chi connectivity index (χ3v) is 6.58. The van der Waals surface area contributed by atoms with Crippen LogP contribution in [0.4, 0.5) is 0 Å². The van der Waals surface area contributed by atoms with Crippen LogP contribution in [0.2, 0.25) is 0 Å². The summed E-state index contributed by atoms with van der Waals surface area (Å²) in [6.07, 6.45) is 10.7. The first kappa shape index (κ1) is 18.6. The van der Waals surface area contributed by atoms with Crippen LogP contribution in [-0.4, -0.2) is 62.1 Å². The molecule has 0 unspecified atom stereocenters. The molecule has 27 heavy (non-hydrogen) atoms. The van der Waals surface area contributed by atoms with Gasteiger partial charge in [0.15, 0.2) is 5.82 Å². The molecule has 1 amide bonds. The Balaban J connectivity index is 1.22. The first-order valence-electron chi connectivity index (χ1n) is 10.6. The molecular formula is C20H32N6O. The zero-order valence-corrected chi connectivity index (χ0v) is 16.5. The fourth-order valence-electron chi connectivity index (χ4n) is 4.69. The summed E-state index contributed by atoms with van der Waals surface area (Å²) < 4.78 is 1.89. The van der Waals surface area contributed by atoms with Gasteiger partial charge in [0.05, 0.1) is 6.54 Å². The number of tetrazole rings is 1. The lowest BCUT2D eigenvalue weighted by atomic mass is 9.86. The molecule has 2 atom stereocenters. The van der Waals surface area contributed by atoms with E-state index in [1.807, 2.05) is 4.68 Å². The SMILES string of the molecule is CC1CCN(Cc2nnnn2CCCC(=O)N2C[C@H]3CC=CC[C@H]3C2)CC1. The van der Waals surface area contributed by atoms with Crippen molar-refractivity contribution in [2.24, 2.45) is 17.8 Å². The first-order valence-corrected chi connectivity index (χ1v) is 10.6. The minimum atomic E-state index is 0.295. The van der Waals surface area contributed by atoms with Gasteiger partial charge in [-0.05, 0) is 73.4 Å². The molecule has 3 heterocycles. The monoisotopic (exact) mass is 372 g/mol. The molecular weight excluding hydrogens is 340 g/mol. The predicted octanol–water partition coefficient (Wildman–Crippen LogP) is 2.11. The van der Waals surface area contributed by atoms with Crippen LogP contribution in [0.15, 0.2) is 12.2 Å². The lowest BCUT2D eigenvalue weighted by Gasteiger charge is -2.29. The van der Waals surface area contributed by atoms with Gasteiger partial charge >= 0.3 is 0 Å². The third-order valence-electron chi connectivity index (χ3n) is 6.58. The van der Waals surface area contributed by atoms with Crippen LogP contribution >= 0.6 is 0 Å². The summed E-state index contributed by atoms with van der Waals surface area (Å²) in [5, 5.41) is 12.2. The van der Waals surface area contributed by atoms with Crippen molar-refractivity contribution < 1.29 is 4.79 Å². The molecule has 0 saturated carbocycles. The molecule has 148 valence electrons. The Hall–Kier alpha value is -1.76. The van der Waals surface area contributed by atoms with Gasteiger partial charge in [-0.15, -0.1) is 5.10 Å². The quantitative estimate of drug-likeness (QED) is 0.716. The molecule has 1 aromatic heterocycles. The molecule has 2 aliphatic heterocycles. The summed E-state index contributed by atoms with van der Waals surface area (Å²) in [6, 6.07) is 0. The Morgan fingerprint density at radius 3 is 2.56 bits per heavy atom. The summed E-state index contributed by atoms with van der Waals surface area (Å²) in [4.78, 5) is 17.1. The van der Waals surface area contributed by atoms with E-state index in [0.29, 0.717) is 24.2 Å². The normalized spacial score (nSPS) is 26.5. The van der Waals surface area contributed by atoms with E-state index >= 15 is 0 Å². The molecule has 7 nitrogen and oxygen atoms in total. The van der Waals surface area contributed by atoms with Crippen molar-refractivity contribution in [1.29, 1.82) is 0 Å². The summed E-state index contributed by atoms with van der Waals surface area (Å²) in [5.74, 6) is 3.41. The van der Waals surface area contributed by atoms with E-state index in [0.717, 1.165) is 70.3 Å². The van der Waals surface area contributed by atoms with Crippen molar-refractivity contribution in [3.8, 4) is 0 Å². The van der Waals surface area contributed by atoms with Gasteiger partial charge < -0.3 is 4.90 Å². The van der Waals surface area contributed by atoms with Gasteiger partial charge in [-0.3, -0.25) is 9.69 Å². The van der Waals surface area contributed by atoms with E-state index in [1.165, 1.54) is 12.8 Å². The molecule has 0 bridgehead atoms. The number of fused-ring (bicyclic) bond motifs is 1. The van der Waals surface area contributed by atoms with E-state index in [2.05, 4.69) is 44.4 Å². The standard InChI is InChI=1S/C20H32N6O/c1-16-8-11-24(12-9-16)15-19-21-22-23-26(19)10-4-7-20(27)25-13-17-5-2-3-6-18(17)14-25/h2-3,16-18H,4-15H2,1H3/t17-,18+. The zero-order valence-electron chi connectivity index (χ0n) is 16.5. The highest BCUT2D eigenvalue weighted by atomic mass is 16.2. The predicted molar refractivity (Wildman–Crippen MR) is 103 cm³/mol. The van der Waals surface area contributed by atoms with Crippen LogP contribution in [0.1, 0.15) is 51.3 Å². The molecule has 0 N–H and O–H groups in total. The maximum Gasteiger partial charge on any atom is 0.222 e. The molecule has 1 aromatic rings. The fourth-order valence-corrected chi connectivity index (χ4v) is 4.69. The number of likely N-dealkylation sites (tertiary alicyclic amines) is 2. The highest BCUT2D eigenvalue weighted by Gasteiger charge is 2.34. The van der Waals surface area contributed by atoms with Crippen LogP contribution in [0.3, 0.4) is 0 Å². The summed E-state index contributed by atoms with van der Waals surface area (Å²) in [6.45, 7) is 7.99. The zero-order chi connectivity index (χ0) is 18.6. The fraction of sp³-hybridized carbons (Fsp3) is 0.800. The summed E-state index contributed by atoms with van der Waals surface area (Å²) in [7, 11) is 0. The number of rotatable bonds is 6. The molecule has 3 aliphatic rings. The lowest BCUT2D eigenvalue weighted by Crippen LogP contribution is -2.33. The summed E-state index contributed by atoms with van der Waals surface area (Å²) in [5.41, 5.74) is 0. The Bertz CT molecular complexity index is 647. The maximum atomic E-state index is 12.6. The van der Waals surface area contributed by atoms with Gasteiger partial charge in [-0.1, -0.05) is 19.1 Å². The van der Waals surface area contributed by atoms with E-state index in [9.17, 15) is 4.79 Å². The van der Waals surface area contributed by atoms with Gasteiger partial charge in [0.2, 0.25) is 5.91 Å². The topological polar surface area (TPSA) is 67.2 Å². The number of carbonyl (C=O) groups is 1. The van der Waals surface area contributed by atoms with Crippen molar-refractivity contribution in [2.75, 3.05) is 26.2 Å². The molecule has 1 aliphatic carbocycles. The number of piperidine rings is 1. The number of carbonyl (C=O) groups excluding carboxylic acids is 1. The van der Waals surface area contributed by atoms with Crippen LogP contribution < -0.4 is 0 Å². The minimum Gasteiger partial charge on any atom is -0.342 e. The average molecular weight is 373 g/mol. The van der Waals surface area contributed by atoms with Crippen molar-refractivity contribution >= 4 is 5.91 Å². The smallest absolute Gasteiger partial charge is 0.222 e. The Labute approximate surface area is 161 Å². The Morgan fingerprint density at radius 2 is 1.85 bits per heavy atom. The number of aryl methyl sites for hydroxylation is 1. The Morgan fingerprint density at radius 1 is 1.15 bits per heavy atom.